The molecule has 0 fully saturated rings. The number of nitrogens with one attached hydrogen (secondary N) is 2. The molecule has 2 aromatic rings. The second-order valence-corrected chi connectivity index (χ2v) is 8.28. The molecule has 2 N–H and O–H groups in total. The molecule has 2 aromatic carbocycles. The minimum absolute atomic E-state index is 0.106. The Morgan fingerprint density at radius 2 is 1.29 bits per heavy atom. The molecule has 0 radical (unpaired) electrons. The van der Waals surface area contributed by atoms with Crippen LogP contribution in [0.1, 0.15) is 25.0 Å². The Labute approximate surface area is 139 Å². The fraction of sp³-hybridized carbons (Fsp3) is 0.176. The van der Waals surface area contributed by atoms with E-state index in [-0.39, 0.29) is 20.9 Å². The molecule has 0 aromatic heterocycles. The molecule has 24 heavy (non-hydrogen) atoms. The predicted octanol–water partition coefficient (Wildman–Crippen LogP) is 2.82. The molecule has 2 heterocycles. The van der Waals surface area contributed by atoms with Gasteiger partial charge in [0.15, 0.2) is 0 Å². The zero-order chi connectivity index (χ0) is 17.3. The van der Waals surface area contributed by atoms with Gasteiger partial charge in [0.2, 0.25) is 9.84 Å². The maximum Gasteiger partial charge on any atom is 0.208 e. The Kier molecular flexibility index (Phi) is 2.60. The summed E-state index contributed by atoms with van der Waals surface area (Å²) in [5, 5.41) is 25.0. The molecule has 0 atom stereocenters. The molecular formula is C17H12N4O2S. The van der Waals surface area contributed by atoms with Crippen molar-refractivity contribution in [1.29, 1.82) is 10.5 Å². The third-order valence-corrected chi connectivity index (χ3v) is 5.99. The monoisotopic (exact) mass is 336 g/mol. The molecule has 7 heteroatoms. The van der Waals surface area contributed by atoms with Gasteiger partial charge in [-0.15, -0.1) is 0 Å². The lowest BCUT2D eigenvalue weighted by molar-refractivity contribution is 0.598. The molecule has 0 unspecified atom stereocenters. The smallest absolute Gasteiger partial charge is 0.208 e. The van der Waals surface area contributed by atoms with E-state index in [0.29, 0.717) is 22.5 Å². The summed E-state index contributed by atoms with van der Waals surface area (Å²) in [6, 6.07) is 10.1. The van der Waals surface area contributed by atoms with Crippen molar-refractivity contribution in [2.75, 3.05) is 10.6 Å². The van der Waals surface area contributed by atoms with Crippen LogP contribution in [0.5, 0.6) is 0 Å². The lowest BCUT2D eigenvalue weighted by Crippen LogP contribution is -2.39. The van der Waals surface area contributed by atoms with Crippen molar-refractivity contribution in [2.24, 2.45) is 0 Å². The first-order valence-electron chi connectivity index (χ1n) is 7.25. The van der Waals surface area contributed by atoms with E-state index >= 15 is 0 Å². The molecule has 0 bridgehead atoms. The molecule has 0 saturated carbocycles. The summed E-state index contributed by atoms with van der Waals surface area (Å²) in [6.45, 7) is 3.80. The lowest BCUT2D eigenvalue weighted by Gasteiger charge is -2.28. The summed E-state index contributed by atoms with van der Waals surface area (Å²) in [5.41, 5.74) is 2.25. The van der Waals surface area contributed by atoms with E-state index in [2.05, 4.69) is 10.6 Å². The Bertz CT molecular complexity index is 1040. The maximum atomic E-state index is 12.9. The topological polar surface area (TPSA) is 106 Å². The maximum absolute atomic E-state index is 12.9. The summed E-state index contributed by atoms with van der Waals surface area (Å²) in [4.78, 5) is 0.213. The van der Waals surface area contributed by atoms with E-state index in [1.807, 2.05) is 26.0 Å². The number of hydrogen-bond acceptors (Lipinski definition) is 6. The van der Waals surface area contributed by atoms with Gasteiger partial charge in [-0.1, -0.05) is 0 Å². The van der Waals surface area contributed by atoms with Crippen molar-refractivity contribution < 1.29 is 8.42 Å². The van der Waals surface area contributed by atoms with E-state index in [1.54, 1.807) is 12.1 Å². The molecule has 6 nitrogen and oxygen atoms in total. The number of sulfone groups is 1. The first-order chi connectivity index (χ1) is 11.3. The van der Waals surface area contributed by atoms with Crippen LogP contribution in [0.25, 0.3) is 11.1 Å². The van der Waals surface area contributed by atoms with E-state index in [4.69, 9.17) is 0 Å². The van der Waals surface area contributed by atoms with Crippen LogP contribution in [0.3, 0.4) is 0 Å². The van der Waals surface area contributed by atoms with Crippen LogP contribution in [0.4, 0.5) is 11.4 Å². The molecule has 0 saturated heterocycles. The van der Waals surface area contributed by atoms with Crippen molar-refractivity contribution in [1.82, 2.24) is 0 Å². The number of nitrogens with zero attached hydrogens (tertiary/aromatic N) is 2. The van der Waals surface area contributed by atoms with Crippen LogP contribution < -0.4 is 10.6 Å². The quantitative estimate of drug-likeness (QED) is 0.654. The highest BCUT2D eigenvalue weighted by molar-refractivity contribution is 7.92. The van der Waals surface area contributed by atoms with Gasteiger partial charge < -0.3 is 10.6 Å². The van der Waals surface area contributed by atoms with Gasteiger partial charge in [-0.25, -0.2) is 8.42 Å². The van der Waals surface area contributed by atoms with Gasteiger partial charge in [0.1, 0.15) is 5.66 Å². The first kappa shape index (κ1) is 14.6. The first-order valence-corrected chi connectivity index (χ1v) is 8.73. The standard InChI is InChI=1S/C17H12N4O2S/c1-17(2)20-11-3-9(7-18)5-13-15(11)16-12(21-17)4-10(8-19)6-14(16)24(13,22)23/h3-6,20-21H,1-2H3. The fourth-order valence-electron chi connectivity index (χ4n) is 3.32. The van der Waals surface area contributed by atoms with Gasteiger partial charge in [0.05, 0.1) is 33.1 Å². The molecule has 0 spiro atoms. The van der Waals surface area contributed by atoms with E-state index in [1.165, 1.54) is 12.1 Å². The molecule has 118 valence electrons. The summed E-state index contributed by atoms with van der Waals surface area (Å²) in [6.07, 6.45) is 0. The van der Waals surface area contributed by atoms with Crippen LogP contribution in [-0.2, 0) is 9.84 Å². The van der Waals surface area contributed by atoms with Gasteiger partial charge in [0, 0.05) is 22.5 Å². The number of anilines is 2. The minimum atomic E-state index is -3.77. The van der Waals surface area contributed by atoms with Crippen LogP contribution in [0.15, 0.2) is 34.1 Å². The third-order valence-electron chi connectivity index (χ3n) is 4.19. The van der Waals surface area contributed by atoms with Crippen LogP contribution in [0.2, 0.25) is 0 Å². The normalized spacial score (nSPS) is 17.5. The number of benzene rings is 2. The third kappa shape index (κ3) is 1.76. The Balaban J connectivity index is 2.23. The average molecular weight is 336 g/mol. The largest absolute Gasteiger partial charge is 0.363 e. The van der Waals surface area contributed by atoms with Crippen molar-refractivity contribution >= 4 is 21.2 Å². The van der Waals surface area contributed by atoms with Gasteiger partial charge >= 0.3 is 0 Å². The zero-order valence-electron chi connectivity index (χ0n) is 12.9. The number of nitriles is 2. The van der Waals surface area contributed by atoms with Crippen molar-refractivity contribution in [3.8, 4) is 23.3 Å². The fourth-order valence-corrected chi connectivity index (χ4v) is 5.08. The second-order valence-electron chi connectivity index (χ2n) is 6.40. The molecule has 2 aliphatic rings. The molecule has 4 rings (SSSR count). The Morgan fingerprint density at radius 1 is 0.875 bits per heavy atom. The van der Waals surface area contributed by atoms with Gasteiger partial charge in [0.25, 0.3) is 0 Å². The predicted molar refractivity (Wildman–Crippen MR) is 88.1 cm³/mol. The molecule has 0 amide bonds. The van der Waals surface area contributed by atoms with Crippen LogP contribution in [-0.4, -0.2) is 14.1 Å². The number of rotatable bonds is 0. The zero-order valence-corrected chi connectivity index (χ0v) is 13.7. The number of hydrogen-bond donors (Lipinski definition) is 2. The van der Waals surface area contributed by atoms with Gasteiger partial charge in [-0.05, 0) is 38.1 Å². The Morgan fingerprint density at radius 3 is 1.67 bits per heavy atom. The lowest BCUT2D eigenvalue weighted by atomic mass is 9.99. The summed E-state index contributed by atoms with van der Waals surface area (Å²) < 4.78 is 25.9. The van der Waals surface area contributed by atoms with Crippen molar-refractivity contribution in [3.05, 3.63) is 35.4 Å². The van der Waals surface area contributed by atoms with Crippen molar-refractivity contribution in [2.45, 2.75) is 29.3 Å². The highest BCUT2D eigenvalue weighted by Crippen LogP contribution is 2.53. The molecule has 0 aliphatic carbocycles. The van der Waals surface area contributed by atoms with E-state index in [9.17, 15) is 18.9 Å². The minimum Gasteiger partial charge on any atom is -0.363 e. The SMILES string of the molecule is CC1(C)Nc2cc(C#N)cc3c2-c2c(cc(C#N)cc2S3(=O)=O)N1. The highest BCUT2D eigenvalue weighted by atomic mass is 32.2. The van der Waals surface area contributed by atoms with Crippen LogP contribution in [0, 0.1) is 22.7 Å². The van der Waals surface area contributed by atoms with Gasteiger partial charge in [-0.3, -0.25) is 0 Å². The summed E-state index contributed by atoms with van der Waals surface area (Å²) >= 11 is 0. The van der Waals surface area contributed by atoms with Gasteiger partial charge in [-0.2, -0.15) is 10.5 Å². The molecular weight excluding hydrogens is 324 g/mol. The average Bonchev–Trinajstić information content (AvgIpc) is 2.67. The summed E-state index contributed by atoms with van der Waals surface area (Å²) in [5.74, 6) is 0. The van der Waals surface area contributed by atoms with E-state index in [0.717, 1.165) is 0 Å². The van der Waals surface area contributed by atoms with Crippen LogP contribution >= 0.6 is 0 Å². The Hall–Kier alpha value is -3.03. The molecule has 2 aliphatic heterocycles. The van der Waals surface area contributed by atoms with E-state index < -0.39 is 15.5 Å². The summed E-state index contributed by atoms with van der Waals surface area (Å²) in [7, 11) is -3.77. The van der Waals surface area contributed by atoms with Crippen molar-refractivity contribution in [3.63, 3.8) is 0 Å². The highest BCUT2D eigenvalue weighted by Gasteiger charge is 2.40. The second kappa shape index (κ2) is 4.28.